The number of para-hydroxylation sites is 1. The van der Waals surface area contributed by atoms with E-state index in [-0.39, 0.29) is 24.5 Å². The summed E-state index contributed by atoms with van der Waals surface area (Å²) in [4.78, 5) is 27.2. The van der Waals surface area contributed by atoms with Gasteiger partial charge in [-0.3, -0.25) is 9.59 Å². The van der Waals surface area contributed by atoms with Crippen LogP contribution in [0.15, 0.2) is 78.9 Å². The van der Waals surface area contributed by atoms with Gasteiger partial charge in [0.15, 0.2) is 6.61 Å². The van der Waals surface area contributed by atoms with Crippen LogP contribution in [0.2, 0.25) is 0 Å². The molecule has 0 saturated carbocycles. The van der Waals surface area contributed by atoms with Gasteiger partial charge in [0.25, 0.3) is 11.8 Å². The van der Waals surface area contributed by atoms with Gasteiger partial charge in [-0.15, -0.1) is 0 Å². The minimum atomic E-state index is -0.665. The van der Waals surface area contributed by atoms with E-state index >= 15 is 0 Å². The van der Waals surface area contributed by atoms with Crippen LogP contribution < -0.4 is 19.7 Å². The molecule has 0 aliphatic carbocycles. The number of hydrogen-bond donors (Lipinski definition) is 1. The molecule has 6 heteroatoms. The van der Waals surface area contributed by atoms with Crippen LogP contribution in [0.5, 0.6) is 11.5 Å². The maximum atomic E-state index is 13.0. The maximum absolute atomic E-state index is 13.0. The monoisotopic (exact) mass is 416 g/mol. The summed E-state index contributed by atoms with van der Waals surface area (Å²) in [6, 6.07) is 23.4. The van der Waals surface area contributed by atoms with Crippen molar-refractivity contribution < 1.29 is 19.1 Å². The Hall–Kier alpha value is -3.80. The molecular formula is C25H24N2O4. The first-order valence-electron chi connectivity index (χ1n) is 10.1. The summed E-state index contributed by atoms with van der Waals surface area (Å²) in [5.41, 5.74) is 2.82. The first-order valence-corrected chi connectivity index (χ1v) is 10.1. The number of hydrogen-bond acceptors (Lipinski definition) is 4. The molecule has 1 fully saturated rings. The van der Waals surface area contributed by atoms with Crippen molar-refractivity contribution >= 4 is 17.5 Å². The highest BCUT2D eigenvalue weighted by Gasteiger charge is 2.49. The van der Waals surface area contributed by atoms with Gasteiger partial charge >= 0.3 is 0 Å². The van der Waals surface area contributed by atoms with Gasteiger partial charge in [-0.1, -0.05) is 48.0 Å². The molecule has 158 valence electrons. The molecule has 2 atom stereocenters. The number of methoxy groups -OCH3 is 1. The van der Waals surface area contributed by atoms with E-state index in [0.717, 1.165) is 22.6 Å². The molecule has 1 aliphatic rings. The molecule has 1 aliphatic heterocycles. The van der Waals surface area contributed by atoms with Gasteiger partial charge in [0.05, 0.1) is 13.2 Å². The van der Waals surface area contributed by atoms with Gasteiger partial charge in [0.1, 0.15) is 17.5 Å². The topological polar surface area (TPSA) is 67.9 Å². The number of ether oxygens (including phenoxy) is 2. The summed E-state index contributed by atoms with van der Waals surface area (Å²) in [7, 11) is 1.61. The van der Waals surface area contributed by atoms with Crippen LogP contribution in [0.1, 0.15) is 17.2 Å². The molecule has 4 rings (SSSR count). The van der Waals surface area contributed by atoms with E-state index in [1.54, 1.807) is 24.1 Å². The molecule has 6 nitrogen and oxygen atoms in total. The molecule has 31 heavy (non-hydrogen) atoms. The normalized spacial score (nSPS) is 17.6. The number of amides is 2. The van der Waals surface area contributed by atoms with Crippen molar-refractivity contribution in [2.75, 3.05) is 18.6 Å². The first-order chi connectivity index (χ1) is 15.1. The third-order valence-electron chi connectivity index (χ3n) is 5.30. The Morgan fingerprint density at radius 3 is 2.26 bits per heavy atom. The SMILES string of the molecule is COc1ccc([C@@H]2[C@H](NC(=O)COc3ccccc3)C(=O)N2c2ccc(C)cc2)cc1. The average Bonchev–Trinajstić information content (AvgIpc) is 2.81. The highest BCUT2D eigenvalue weighted by Crippen LogP contribution is 2.39. The third-order valence-corrected chi connectivity index (χ3v) is 5.30. The van der Waals surface area contributed by atoms with Crippen molar-refractivity contribution in [2.45, 2.75) is 19.0 Å². The molecule has 3 aromatic rings. The second-order valence-electron chi connectivity index (χ2n) is 7.41. The molecule has 3 aromatic carbocycles. The lowest BCUT2D eigenvalue weighted by molar-refractivity contribution is -0.133. The second-order valence-corrected chi connectivity index (χ2v) is 7.41. The fourth-order valence-corrected chi connectivity index (χ4v) is 3.65. The third kappa shape index (κ3) is 4.38. The second kappa shape index (κ2) is 8.92. The lowest BCUT2D eigenvalue weighted by Gasteiger charge is -2.47. The molecule has 1 saturated heterocycles. The van der Waals surface area contributed by atoms with Crippen LogP contribution in [-0.4, -0.2) is 31.6 Å². The van der Waals surface area contributed by atoms with Crippen molar-refractivity contribution in [3.8, 4) is 11.5 Å². The number of nitrogens with zero attached hydrogens (tertiary/aromatic N) is 1. The fraction of sp³-hybridized carbons (Fsp3) is 0.200. The Labute approximate surface area is 181 Å². The van der Waals surface area contributed by atoms with Crippen LogP contribution in [0, 0.1) is 6.92 Å². The fourth-order valence-electron chi connectivity index (χ4n) is 3.65. The summed E-state index contributed by atoms with van der Waals surface area (Å²) >= 11 is 0. The summed E-state index contributed by atoms with van der Waals surface area (Å²) in [6.07, 6.45) is 0. The Bertz CT molecular complexity index is 1050. The van der Waals surface area contributed by atoms with Crippen LogP contribution in [-0.2, 0) is 9.59 Å². The Morgan fingerprint density at radius 1 is 0.935 bits per heavy atom. The van der Waals surface area contributed by atoms with Gasteiger partial charge in [-0.25, -0.2) is 0 Å². The van der Waals surface area contributed by atoms with Crippen molar-refractivity contribution in [3.05, 3.63) is 90.0 Å². The van der Waals surface area contributed by atoms with E-state index < -0.39 is 6.04 Å². The van der Waals surface area contributed by atoms with E-state index in [0.29, 0.717) is 5.75 Å². The highest BCUT2D eigenvalue weighted by atomic mass is 16.5. The molecule has 0 aromatic heterocycles. The van der Waals surface area contributed by atoms with Gasteiger partial charge in [0, 0.05) is 5.69 Å². The summed E-state index contributed by atoms with van der Waals surface area (Å²) in [5.74, 6) is 0.834. The summed E-state index contributed by atoms with van der Waals surface area (Å²) in [6.45, 7) is 1.84. The van der Waals surface area contributed by atoms with E-state index in [1.165, 1.54) is 0 Å². The van der Waals surface area contributed by atoms with Gasteiger partial charge in [0.2, 0.25) is 0 Å². The van der Waals surface area contributed by atoms with Crippen LogP contribution in [0.3, 0.4) is 0 Å². The average molecular weight is 416 g/mol. The molecule has 0 radical (unpaired) electrons. The standard InChI is InChI=1S/C25H24N2O4/c1-17-8-12-19(13-9-17)27-24(18-10-14-20(30-2)15-11-18)23(25(27)29)26-22(28)16-31-21-6-4-3-5-7-21/h3-15,23-24H,16H2,1-2H3,(H,26,28)/t23-,24+/m0/s1. The van der Waals surface area contributed by atoms with Crippen LogP contribution >= 0.6 is 0 Å². The highest BCUT2D eigenvalue weighted by molar-refractivity contribution is 6.07. The lowest BCUT2D eigenvalue weighted by Crippen LogP contribution is -2.66. The van der Waals surface area contributed by atoms with E-state index in [1.807, 2.05) is 73.7 Å². The summed E-state index contributed by atoms with van der Waals surface area (Å²) < 4.78 is 10.8. The predicted molar refractivity (Wildman–Crippen MR) is 118 cm³/mol. The molecular weight excluding hydrogens is 392 g/mol. The number of rotatable bonds is 7. The zero-order valence-electron chi connectivity index (χ0n) is 17.4. The minimum absolute atomic E-state index is 0.155. The predicted octanol–water partition coefficient (Wildman–Crippen LogP) is 3.66. The van der Waals surface area contributed by atoms with Crippen LogP contribution in [0.25, 0.3) is 0 Å². The molecule has 0 bridgehead atoms. The van der Waals surface area contributed by atoms with E-state index in [9.17, 15) is 9.59 Å². The number of carbonyl (C=O) groups is 2. The van der Waals surface area contributed by atoms with E-state index in [4.69, 9.17) is 9.47 Å². The van der Waals surface area contributed by atoms with Crippen LogP contribution in [0.4, 0.5) is 5.69 Å². The summed E-state index contributed by atoms with van der Waals surface area (Å²) in [5, 5.41) is 2.84. The molecule has 1 N–H and O–H groups in total. The number of aryl methyl sites for hydroxylation is 1. The number of benzene rings is 3. The smallest absolute Gasteiger partial charge is 0.258 e. The number of nitrogens with one attached hydrogen (secondary N) is 1. The number of β-lactam (4-membered cyclic amide) rings is 1. The zero-order chi connectivity index (χ0) is 21.8. The molecule has 2 amide bonds. The molecule has 0 unspecified atom stereocenters. The molecule has 1 heterocycles. The first kappa shape index (κ1) is 20.5. The Kier molecular flexibility index (Phi) is 5.89. The number of carbonyl (C=O) groups excluding carboxylic acids is 2. The van der Waals surface area contributed by atoms with Crippen molar-refractivity contribution in [1.29, 1.82) is 0 Å². The minimum Gasteiger partial charge on any atom is -0.497 e. The lowest BCUT2D eigenvalue weighted by atomic mass is 9.87. The van der Waals surface area contributed by atoms with Crippen molar-refractivity contribution in [3.63, 3.8) is 0 Å². The largest absolute Gasteiger partial charge is 0.497 e. The van der Waals surface area contributed by atoms with Gasteiger partial charge in [-0.2, -0.15) is 0 Å². The maximum Gasteiger partial charge on any atom is 0.258 e. The van der Waals surface area contributed by atoms with Crippen molar-refractivity contribution in [1.82, 2.24) is 5.32 Å². The Morgan fingerprint density at radius 2 is 1.61 bits per heavy atom. The molecule has 0 spiro atoms. The van der Waals surface area contributed by atoms with Gasteiger partial charge in [-0.05, 0) is 48.9 Å². The number of anilines is 1. The Balaban J connectivity index is 1.52. The van der Waals surface area contributed by atoms with Crippen molar-refractivity contribution in [2.24, 2.45) is 0 Å². The van der Waals surface area contributed by atoms with E-state index in [2.05, 4.69) is 5.32 Å². The van der Waals surface area contributed by atoms with Gasteiger partial charge < -0.3 is 19.7 Å². The quantitative estimate of drug-likeness (QED) is 0.597. The zero-order valence-corrected chi connectivity index (χ0v) is 17.4.